The normalized spacial score (nSPS) is 7.50. The van der Waals surface area contributed by atoms with Crippen LogP contribution >= 0.6 is 0 Å². The predicted octanol–water partition coefficient (Wildman–Crippen LogP) is -2.39. The number of hydrogen-bond acceptors (Lipinski definition) is 0. The first-order chi connectivity index (χ1) is 4.43. The lowest BCUT2D eigenvalue weighted by atomic mass is 10.5. The molecule has 0 atom stereocenters. The number of aromatic nitrogens is 1. The van der Waals surface area contributed by atoms with Crippen molar-refractivity contribution in [3.63, 3.8) is 0 Å². The SMILES string of the molecule is C#CC[n+]1ccccc1.[Br-]. The van der Waals surface area contributed by atoms with E-state index in [2.05, 4.69) is 5.92 Å². The number of terminal acetylenes is 1. The summed E-state index contributed by atoms with van der Waals surface area (Å²) < 4.78 is 1.94. The average Bonchev–Trinajstić information content (AvgIpc) is 1.91. The van der Waals surface area contributed by atoms with Crippen molar-refractivity contribution in [1.29, 1.82) is 0 Å². The summed E-state index contributed by atoms with van der Waals surface area (Å²) >= 11 is 0. The molecule has 1 heterocycles. The molecular weight excluding hydrogens is 190 g/mol. The van der Waals surface area contributed by atoms with E-state index in [1.165, 1.54) is 0 Å². The molecule has 0 N–H and O–H groups in total. The van der Waals surface area contributed by atoms with Crippen LogP contribution in [0.1, 0.15) is 0 Å². The van der Waals surface area contributed by atoms with E-state index < -0.39 is 0 Å². The Morgan fingerprint density at radius 2 is 1.80 bits per heavy atom. The average molecular weight is 198 g/mol. The zero-order valence-corrected chi connectivity index (χ0v) is 7.08. The molecule has 2 heteroatoms. The maximum absolute atomic E-state index is 5.09. The third-order valence-corrected chi connectivity index (χ3v) is 1.05. The second kappa shape index (κ2) is 5.01. The first-order valence-electron chi connectivity index (χ1n) is 2.81. The highest BCUT2D eigenvalue weighted by molar-refractivity contribution is 4.85. The third kappa shape index (κ3) is 2.65. The van der Waals surface area contributed by atoms with E-state index in [9.17, 15) is 0 Å². The van der Waals surface area contributed by atoms with E-state index in [-0.39, 0.29) is 17.0 Å². The Balaban J connectivity index is 0.000000810. The lowest BCUT2D eigenvalue weighted by Gasteiger charge is -1.84. The fourth-order valence-corrected chi connectivity index (χ4v) is 0.645. The van der Waals surface area contributed by atoms with Crippen molar-refractivity contribution < 1.29 is 21.5 Å². The summed E-state index contributed by atoms with van der Waals surface area (Å²) in [4.78, 5) is 0. The zero-order chi connectivity index (χ0) is 6.53. The molecule has 0 unspecified atom stereocenters. The summed E-state index contributed by atoms with van der Waals surface area (Å²) in [5, 5.41) is 0. The zero-order valence-electron chi connectivity index (χ0n) is 5.50. The summed E-state index contributed by atoms with van der Waals surface area (Å²) in [6.45, 7) is 0.654. The van der Waals surface area contributed by atoms with Gasteiger partial charge in [-0.05, 0) is 5.92 Å². The van der Waals surface area contributed by atoms with Crippen molar-refractivity contribution in [3.05, 3.63) is 30.6 Å². The second-order valence-corrected chi connectivity index (χ2v) is 1.75. The van der Waals surface area contributed by atoms with Gasteiger partial charge in [0.05, 0.1) is 0 Å². The van der Waals surface area contributed by atoms with E-state index in [1.54, 1.807) is 0 Å². The molecule has 0 radical (unpaired) electrons. The van der Waals surface area contributed by atoms with Gasteiger partial charge in [0.1, 0.15) is 0 Å². The molecule has 0 amide bonds. The first kappa shape index (κ1) is 9.19. The van der Waals surface area contributed by atoms with Crippen molar-refractivity contribution in [2.45, 2.75) is 6.54 Å². The van der Waals surface area contributed by atoms with Crippen LogP contribution in [0.25, 0.3) is 0 Å². The highest BCUT2D eigenvalue weighted by atomic mass is 79.9. The summed E-state index contributed by atoms with van der Waals surface area (Å²) in [6, 6.07) is 5.88. The van der Waals surface area contributed by atoms with Crippen LogP contribution in [0, 0.1) is 12.3 Å². The van der Waals surface area contributed by atoms with Gasteiger partial charge in [0.15, 0.2) is 12.4 Å². The molecule has 1 nitrogen and oxygen atoms in total. The Labute approximate surface area is 71.5 Å². The number of nitrogens with zero attached hydrogens (tertiary/aromatic N) is 1. The molecule has 0 saturated heterocycles. The molecule has 0 aliphatic heterocycles. The fourth-order valence-electron chi connectivity index (χ4n) is 0.645. The van der Waals surface area contributed by atoms with Gasteiger partial charge in [-0.3, -0.25) is 0 Å². The molecule has 0 aliphatic rings. The van der Waals surface area contributed by atoms with Crippen LogP contribution in [0.3, 0.4) is 0 Å². The monoisotopic (exact) mass is 197 g/mol. The summed E-state index contributed by atoms with van der Waals surface area (Å²) in [5.41, 5.74) is 0. The first-order valence-corrected chi connectivity index (χ1v) is 2.81. The lowest BCUT2D eigenvalue weighted by Crippen LogP contribution is -3.00. The minimum atomic E-state index is 0. The lowest BCUT2D eigenvalue weighted by molar-refractivity contribution is -0.684. The Morgan fingerprint density at radius 1 is 1.20 bits per heavy atom. The molecular formula is C8H8BrN. The number of pyridine rings is 1. The Bertz CT molecular complexity index is 212. The van der Waals surface area contributed by atoms with Gasteiger partial charge in [-0.15, -0.1) is 6.42 Å². The van der Waals surface area contributed by atoms with Crippen LogP contribution < -0.4 is 21.5 Å². The van der Waals surface area contributed by atoms with Crippen LogP contribution in [-0.4, -0.2) is 0 Å². The molecule has 1 aromatic rings. The molecule has 1 aromatic heterocycles. The molecule has 0 spiro atoms. The van der Waals surface area contributed by atoms with Gasteiger partial charge < -0.3 is 17.0 Å². The summed E-state index contributed by atoms with van der Waals surface area (Å²) in [5.74, 6) is 2.55. The van der Waals surface area contributed by atoms with Gasteiger partial charge in [-0.2, -0.15) is 4.57 Å². The van der Waals surface area contributed by atoms with Crippen molar-refractivity contribution in [2.75, 3.05) is 0 Å². The fraction of sp³-hybridized carbons (Fsp3) is 0.125. The van der Waals surface area contributed by atoms with Crippen LogP contribution in [0.2, 0.25) is 0 Å². The van der Waals surface area contributed by atoms with Gasteiger partial charge >= 0.3 is 0 Å². The number of rotatable bonds is 1. The topological polar surface area (TPSA) is 3.88 Å². The quantitative estimate of drug-likeness (QED) is 0.350. The van der Waals surface area contributed by atoms with Crippen LogP contribution in [0.4, 0.5) is 0 Å². The number of halogens is 1. The smallest absolute Gasteiger partial charge is 0.208 e. The predicted molar refractivity (Wildman–Crippen MR) is 35.5 cm³/mol. The van der Waals surface area contributed by atoms with Crippen LogP contribution in [0.15, 0.2) is 30.6 Å². The molecule has 0 aliphatic carbocycles. The van der Waals surface area contributed by atoms with Gasteiger partial charge in [0, 0.05) is 12.1 Å². The Hall–Kier alpha value is -0.810. The standard InChI is InChI=1S/C8H8N.BrH/c1-2-6-9-7-4-3-5-8-9;/h1,3-5,7-8H,6H2;1H/q+1;/p-1. The highest BCUT2D eigenvalue weighted by Gasteiger charge is 1.88. The van der Waals surface area contributed by atoms with E-state index in [1.807, 2.05) is 35.2 Å². The Morgan fingerprint density at radius 3 is 2.30 bits per heavy atom. The van der Waals surface area contributed by atoms with Crippen LogP contribution in [0.5, 0.6) is 0 Å². The summed E-state index contributed by atoms with van der Waals surface area (Å²) in [6.07, 6.45) is 8.98. The maximum atomic E-state index is 5.09. The molecule has 10 heavy (non-hydrogen) atoms. The highest BCUT2D eigenvalue weighted by Crippen LogP contribution is 1.74. The molecule has 0 fully saturated rings. The number of hydrogen-bond donors (Lipinski definition) is 0. The van der Waals surface area contributed by atoms with E-state index in [0.717, 1.165) is 0 Å². The Kier molecular flexibility index (Phi) is 4.61. The van der Waals surface area contributed by atoms with Gasteiger partial charge in [-0.25, -0.2) is 0 Å². The minimum absolute atomic E-state index is 0. The second-order valence-electron chi connectivity index (χ2n) is 1.75. The van der Waals surface area contributed by atoms with Crippen molar-refractivity contribution >= 4 is 0 Å². The van der Waals surface area contributed by atoms with Gasteiger partial charge in [-0.1, -0.05) is 6.07 Å². The van der Waals surface area contributed by atoms with Gasteiger partial charge in [0.2, 0.25) is 6.54 Å². The maximum Gasteiger partial charge on any atom is 0.208 e. The third-order valence-electron chi connectivity index (χ3n) is 1.05. The van der Waals surface area contributed by atoms with E-state index in [0.29, 0.717) is 6.54 Å². The molecule has 0 saturated carbocycles. The largest absolute Gasteiger partial charge is 1.00 e. The van der Waals surface area contributed by atoms with Crippen molar-refractivity contribution in [2.24, 2.45) is 0 Å². The van der Waals surface area contributed by atoms with Crippen molar-refractivity contribution in [1.82, 2.24) is 0 Å². The molecule has 52 valence electrons. The summed E-state index contributed by atoms with van der Waals surface area (Å²) in [7, 11) is 0. The molecule has 0 bridgehead atoms. The van der Waals surface area contributed by atoms with Crippen molar-refractivity contribution in [3.8, 4) is 12.3 Å². The van der Waals surface area contributed by atoms with Crippen LogP contribution in [-0.2, 0) is 6.54 Å². The van der Waals surface area contributed by atoms with E-state index >= 15 is 0 Å². The van der Waals surface area contributed by atoms with Gasteiger partial charge in [0.25, 0.3) is 0 Å². The molecule has 1 rings (SSSR count). The molecule has 0 aromatic carbocycles. The minimum Gasteiger partial charge on any atom is -1.00 e. The van der Waals surface area contributed by atoms with E-state index in [4.69, 9.17) is 6.42 Å².